The zero-order valence-corrected chi connectivity index (χ0v) is 15.8. The number of aromatic nitrogens is 3. The van der Waals surface area contributed by atoms with Crippen molar-refractivity contribution in [2.75, 3.05) is 0 Å². The number of H-pyrrole nitrogens is 1. The molecule has 7 nitrogen and oxygen atoms in total. The molecule has 0 aliphatic heterocycles. The Kier molecular flexibility index (Phi) is 4.51. The second-order valence-corrected chi connectivity index (χ2v) is 6.78. The van der Waals surface area contributed by atoms with Crippen molar-refractivity contribution in [1.29, 1.82) is 5.26 Å². The summed E-state index contributed by atoms with van der Waals surface area (Å²) in [5, 5.41) is 18.5. The number of carbonyl (C=O) groups is 1. The minimum Gasteiger partial charge on any atom is -0.478 e. The molecule has 2 N–H and O–H groups in total. The van der Waals surface area contributed by atoms with Gasteiger partial charge in [0.05, 0.1) is 16.7 Å². The first-order chi connectivity index (χ1) is 13.5. The Bertz CT molecular complexity index is 1260. The van der Waals surface area contributed by atoms with Crippen molar-refractivity contribution in [3.05, 3.63) is 70.3 Å². The number of rotatable bonds is 4. The molecule has 3 aromatic heterocycles. The Morgan fingerprint density at radius 1 is 1.25 bits per heavy atom. The third-order valence-corrected chi connectivity index (χ3v) is 4.44. The molecule has 0 fully saturated rings. The zero-order chi connectivity index (χ0) is 19.7. The summed E-state index contributed by atoms with van der Waals surface area (Å²) in [6, 6.07) is 13.8. The molecule has 28 heavy (non-hydrogen) atoms. The maximum atomic E-state index is 10.9. The number of furan rings is 1. The van der Waals surface area contributed by atoms with Crippen LogP contribution < -0.4 is 0 Å². The first-order valence-electron chi connectivity index (χ1n) is 8.10. The molecule has 0 saturated heterocycles. The maximum Gasteiger partial charge on any atom is 0.335 e. The highest BCUT2D eigenvalue weighted by atomic mass is 79.9. The number of aromatic carboxylic acids is 1. The highest BCUT2D eigenvalue weighted by molar-refractivity contribution is 9.10. The Hall–Kier alpha value is -3.70. The van der Waals surface area contributed by atoms with Crippen LogP contribution in [0.4, 0.5) is 0 Å². The predicted octanol–water partition coefficient (Wildman–Crippen LogP) is 4.74. The SMILES string of the molecule is N#C/C(=C\c1ccc(-c2ccc(C(=O)O)cc2)o1)c1nc2ncc(Br)cc2[nH]1. The Morgan fingerprint density at radius 2 is 2.04 bits per heavy atom. The Labute approximate surface area is 167 Å². The molecule has 0 radical (unpaired) electrons. The molecule has 3 heterocycles. The Balaban J connectivity index is 1.65. The summed E-state index contributed by atoms with van der Waals surface area (Å²) in [4.78, 5) is 22.6. The van der Waals surface area contributed by atoms with Crippen LogP contribution >= 0.6 is 15.9 Å². The molecule has 0 bridgehead atoms. The fraction of sp³-hybridized carbons (Fsp3) is 0. The van der Waals surface area contributed by atoms with Crippen LogP contribution in [-0.2, 0) is 0 Å². The van der Waals surface area contributed by atoms with Crippen LogP contribution in [0.1, 0.15) is 21.9 Å². The van der Waals surface area contributed by atoms with Crippen LogP contribution in [0.3, 0.4) is 0 Å². The number of hydrogen-bond donors (Lipinski definition) is 2. The average Bonchev–Trinajstić information content (AvgIpc) is 3.32. The zero-order valence-electron chi connectivity index (χ0n) is 14.2. The number of nitrogens with one attached hydrogen (secondary N) is 1. The number of allylic oxidation sites excluding steroid dienone is 1. The van der Waals surface area contributed by atoms with Crippen LogP contribution in [0, 0.1) is 11.3 Å². The van der Waals surface area contributed by atoms with Crippen LogP contribution in [0.5, 0.6) is 0 Å². The topological polar surface area (TPSA) is 116 Å². The largest absolute Gasteiger partial charge is 0.478 e. The highest BCUT2D eigenvalue weighted by Crippen LogP contribution is 2.26. The summed E-state index contributed by atoms with van der Waals surface area (Å²) in [6.07, 6.45) is 3.22. The van der Waals surface area contributed by atoms with Gasteiger partial charge >= 0.3 is 5.97 Å². The van der Waals surface area contributed by atoms with E-state index in [9.17, 15) is 10.1 Å². The Morgan fingerprint density at radius 3 is 2.75 bits per heavy atom. The van der Waals surface area contributed by atoms with E-state index in [0.717, 1.165) is 10.0 Å². The van der Waals surface area contributed by atoms with Gasteiger partial charge in [-0.05, 0) is 46.3 Å². The summed E-state index contributed by atoms with van der Waals surface area (Å²) in [7, 11) is 0. The van der Waals surface area contributed by atoms with Gasteiger partial charge in [-0.2, -0.15) is 5.26 Å². The van der Waals surface area contributed by atoms with Gasteiger partial charge in [0.1, 0.15) is 17.6 Å². The molecule has 0 aliphatic rings. The summed E-state index contributed by atoms with van der Waals surface area (Å²) < 4.78 is 6.58. The van der Waals surface area contributed by atoms with Crippen molar-refractivity contribution in [2.45, 2.75) is 0 Å². The minimum atomic E-state index is -0.986. The molecule has 8 heteroatoms. The number of halogens is 1. The third kappa shape index (κ3) is 3.43. The number of carboxylic acids is 1. The predicted molar refractivity (Wildman–Crippen MR) is 106 cm³/mol. The van der Waals surface area contributed by atoms with Gasteiger partial charge in [0, 0.05) is 22.3 Å². The van der Waals surface area contributed by atoms with Gasteiger partial charge in [0.2, 0.25) is 0 Å². The molecule has 4 rings (SSSR count). The van der Waals surface area contributed by atoms with Crippen molar-refractivity contribution >= 4 is 44.7 Å². The number of imidazole rings is 1. The number of pyridine rings is 1. The van der Waals surface area contributed by atoms with E-state index in [1.807, 2.05) is 6.07 Å². The highest BCUT2D eigenvalue weighted by Gasteiger charge is 2.11. The first-order valence-corrected chi connectivity index (χ1v) is 8.90. The van der Waals surface area contributed by atoms with E-state index in [1.165, 1.54) is 12.1 Å². The van der Waals surface area contributed by atoms with Gasteiger partial charge in [-0.25, -0.2) is 14.8 Å². The molecule has 0 aliphatic carbocycles. The van der Waals surface area contributed by atoms with Crippen LogP contribution in [0.15, 0.2) is 57.6 Å². The molecule has 1 aromatic carbocycles. The molecule has 136 valence electrons. The number of benzene rings is 1. The molecule has 0 spiro atoms. The second kappa shape index (κ2) is 7.13. The van der Waals surface area contributed by atoms with E-state index in [2.05, 4.69) is 37.0 Å². The maximum absolute atomic E-state index is 10.9. The number of hydrogen-bond acceptors (Lipinski definition) is 5. The molecule has 0 amide bonds. The van der Waals surface area contributed by atoms with Crippen LogP contribution in [-0.4, -0.2) is 26.0 Å². The van der Waals surface area contributed by atoms with Gasteiger partial charge in [-0.15, -0.1) is 0 Å². The summed E-state index contributed by atoms with van der Waals surface area (Å²) in [6.45, 7) is 0. The van der Waals surface area contributed by atoms with Crippen LogP contribution in [0.2, 0.25) is 0 Å². The number of fused-ring (bicyclic) bond motifs is 1. The van der Waals surface area contributed by atoms with Crippen molar-refractivity contribution in [2.24, 2.45) is 0 Å². The molecule has 0 saturated carbocycles. The summed E-state index contributed by atoms with van der Waals surface area (Å²) in [5.41, 5.74) is 2.46. The molecule has 0 atom stereocenters. The summed E-state index contributed by atoms with van der Waals surface area (Å²) >= 11 is 3.35. The van der Waals surface area contributed by atoms with E-state index in [-0.39, 0.29) is 5.56 Å². The van der Waals surface area contributed by atoms with Gasteiger partial charge in [0.15, 0.2) is 11.5 Å². The van der Waals surface area contributed by atoms with Crippen molar-refractivity contribution in [1.82, 2.24) is 15.0 Å². The van der Waals surface area contributed by atoms with E-state index in [0.29, 0.717) is 34.1 Å². The lowest BCUT2D eigenvalue weighted by molar-refractivity contribution is 0.0697. The number of aromatic amines is 1. The monoisotopic (exact) mass is 434 g/mol. The fourth-order valence-electron chi connectivity index (χ4n) is 2.66. The molecular formula is C20H11BrN4O3. The lowest BCUT2D eigenvalue weighted by atomic mass is 10.1. The van der Waals surface area contributed by atoms with Gasteiger partial charge in [-0.3, -0.25) is 0 Å². The number of carboxylic acid groups (broad SMARTS) is 1. The van der Waals surface area contributed by atoms with Crippen LogP contribution in [0.25, 0.3) is 34.1 Å². The van der Waals surface area contributed by atoms with Crippen molar-refractivity contribution in [3.63, 3.8) is 0 Å². The normalized spacial score (nSPS) is 11.5. The summed E-state index contributed by atoms with van der Waals surface area (Å²) in [5.74, 6) is 0.451. The van der Waals surface area contributed by atoms with Gasteiger partial charge in [-0.1, -0.05) is 12.1 Å². The van der Waals surface area contributed by atoms with Gasteiger partial charge in [0.25, 0.3) is 0 Å². The van der Waals surface area contributed by atoms with E-state index >= 15 is 0 Å². The quantitative estimate of drug-likeness (QED) is 0.448. The number of nitrogens with zero attached hydrogens (tertiary/aromatic N) is 3. The fourth-order valence-corrected chi connectivity index (χ4v) is 2.99. The smallest absolute Gasteiger partial charge is 0.335 e. The van der Waals surface area contributed by atoms with Crippen molar-refractivity contribution in [3.8, 4) is 17.4 Å². The van der Waals surface area contributed by atoms with E-state index in [1.54, 1.807) is 36.5 Å². The third-order valence-electron chi connectivity index (χ3n) is 4.01. The van der Waals surface area contributed by atoms with E-state index in [4.69, 9.17) is 9.52 Å². The lowest BCUT2D eigenvalue weighted by Gasteiger charge is -1.98. The first kappa shape index (κ1) is 17.7. The standard InChI is InChI=1S/C20H11BrN4O3/c21-14-8-16-19(23-10-14)25-18(24-16)13(9-22)7-15-5-6-17(28-15)11-1-3-12(4-2-11)20(26)27/h1-8,10H,(H,26,27)(H,23,24,25)/b13-7+. The molecule has 4 aromatic rings. The van der Waals surface area contributed by atoms with Crippen molar-refractivity contribution < 1.29 is 14.3 Å². The molecular weight excluding hydrogens is 424 g/mol. The minimum absolute atomic E-state index is 0.201. The molecule has 0 unspecified atom stereocenters. The average molecular weight is 435 g/mol. The lowest BCUT2D eigenvalue weighted by Crippen LogP contribution is -1.94. The second-order valence-electron chi connectivity index (χ2n) is 5.86. The number of nitriles is 1. The van der Waals surface area contributed by atoms with E-state index < -0.39 is 5.97 Å². The van der Waals surface area contributed by atoms with Gasteiger partial charge < -0.3 is 14.5 Å².